The number of carbonyl (C=O) groups is 3. The molecule has 12 N–H and O–H groups in total. The fourth-order valence-corrected chi connectivity index (χ4v) is 1.07. The van der Waals surface area contributed by atoms with Crippen molar-refractivity contribution < 1.29 is 29.7 Å². The van der Waals surface area contributed by atoms with Crippen molar-refractivity contribution in [1.82, 2.24) is 5.32 Å². The average Bonchev–Trinajstić information content (AvgIpc) is 2.44. The third kappa shape index (κ3) is 223. The lowest BCUT2D eigenvalue weighted by Crippen LogP contribution is -2.39. The molecule has 0 unspecified atom stereocenters. The Morgan fingerprint density at radius 3 is 1.18 bits per heavy atom. The second-order valence-corrected chi connectivity index (χ2v) is 5.07. The second kappa shape index (κ2) is 31.8. The monoisotopic (exact) mass is 410 g/mol. The Hall–Kier alpha value is -2.89. The van der Waals surface area contributed by atoms with Gasteiger partial charge in [-0.3, -0.25) is 30.5 Å². The molecule has 0 radical (unpaired) electrons. The predicted molar refractivity (Wildman–Crippen MR) is 109 cm³/mol. The van der Waals surface area contributed by atoms with Crippen LogP contribution in [0.5, 0.6) is 0 Å². The van der Waals surface area contributed by atoms with Crippen LogP contribution in [0.2, 0.25) is 0 Å². The number of guanidine groups is 2. The molecule has 0 heterocycles. The van der Waals surface area contributed by atoms with Gasteiger partial charge in [0.1, 0.15) is 0 Å². The van der Waals surface area contributed by atoms with Gasteiger partial charge < -0.3 is 32.5 Å². The fraction of sp³-hybridized carbons (Fsp3) is 0.688. The van der Waals surface area contributed by atoms with Crippen molar-refractivity contribution in [2.75, 3.05) is 6.54 Å². The molecule has 168 valence electrons. The lowest BCUT2D eigenvalue weighted by Gasteiger charge is -1.96. The minimum Gasteiger partial charge on any atom is -0.481 e. The zero-order valence-corrected chi connectivity index (χ0v) is 17.2. The van der Waals surface area contributed by atoms with E-state index in [4.69, 9.17) is 57.7 Å². The molecule has 0 atom stereocenters. The van der Waals surface area contributed by atoms with Crippen molar-refractivity contribution in [3.05, 3.63) is 0 Å². The van der Waals surface area contributed by atoms with E-state index in [-0.39, 0.29) is 11.9 Å². The summed E-state index contributed by atoms with van der Waals surface area (Å²) in [5.41, 5.74) is 14.8. The van der Waals surface area contributed by atoms with Gasteiger partial charge in [-0.1, -0.05) is 39.0 Å². The highest BCUT2D eigenvalue weighted by molar-refractivity contribution is 5.93. The van der Waals surface area contributed by atoms with Gasteiger partial charge in [0.05, 0.1) is 0 Å². The van der Waals surface area contributed by atoms with Crippen LogP contribution >= 0.6 is 0 Å². The number of carboxylic acids is 3. The standard InChI is InChI=1S/C8H19N.C2H7N5.3C2H4O2/c1-2-3-4-5-6-7-8-9;3-1(4)7-2(5)6;3*1-2(3)4/h2-9H2,1H3;(H7,3,4,5,6,7);3*1H3,(H,3,4). The van der Waals surface area contributed by atoms with Gasteiger partial charge in [0.15, 0.2) is 11.9 Å². The number of carboxylic acid groups (broad SMARTS) is 3. The number of aliphatic carboxylic acids is 3. The molecule has 12 nitrogen and oxygen atoms in total. The third-order valence-electron chi connectivity index (χ3n) is 1.83. The molecular formula is C16H38N6O6. The normalized spacial score (nSPS) is 7.75. The Morgan fingerprint density at radius 1 is 0.750 bits per heavy atom. The lowest BCUT2D eigenvalue weighted by atomic mass is 10.1. The zero-order chi connectivity index (χ0) is 23.5. The first-order valence-corrected chi connectivity index (χ1v) is 8.48. The van der Waals surface area contributed by atoms with E-state index in [0.29, 0.717) is 0 Å². The zero-order valence-electron chi connectivity index (χ0n) is 17.2. The van der Waals surface area contributed by atoms with Crippen LogP contribution < -0.4 is 22.5 Å². The largest absolute Gasteiger partial charge is 0.481 e. The summed E-state index contributed by atoms with van der Waals surface area (Å²) in [6.45, 7) is 6.36. The molecule has 0 fully saturated rings. The van der Waals surface area contributed by atoms with Crippen LogP contribution in [0.3, 0.4) is 0 Å². The van der Waals surface area contributed by atoms with Gasteiger partial charge in [-0.2, -0.15) is 0 Å². The summed E-state index contributed by atoms with van der Waals surface area (Å²) >= 11 is 0. The smallest absolute Gasteiger partial charge is 0.300 e. The van der Waals surface area contributed by atoms with Crippen LogP contribution in [0.25, 0.3) is 0 Å². The van der Waals surface area contributed by atoms with Gasteiger partial charge >= 0.3 is 0 Å². The van der Waals surface area contributed by atoms with Crippen LogP contribution in [-0.4, -0.2) is 51.7 Å². The van der Waals surface area contributed by atoms with Crippen LogP contribution in [0.1, 0.15) is 66.2 Å². The maximum absolute atomic E-state index is 9.00. The number of hydrogen-bond donors (Lipinski definition) is 9. The summed E-state index contributed by atoms with van der Waals surface area (Å²) < 4.78 is 0. The quantitative estimate of drug-likeness (QED) is 0.170. The van der Waals surface area contributed by atoms with E-state index in [1.165, 1.54) is 38.5 Å². The molecule has 0 aromatic carbocycles. The molecule has 28 heavy (non-hydrogen) atoms. The van der Waals surface area contributed by atoms with E-state index in [1.54, 1.807) is 0 Å². The van der Waals surface area contributed by atoms with Crippen molar-refractivity contribution in [2.45, 2.75) is 66.2 Å². The summed E-state index contributed by atoms with van der Waals surface area (Å²) in [5, 5.41) is 37.2. The predicted octanol–water partition coefficient (Wildman–Crippen LogP) is 0.941. The van der Waals surface area contributed by atoms with Gasteiger partial charge in [-0.15, -0.1) is 0 Å². The molecule has 0 aromatic rings. The number of unbranched alkanes of at least 4 members (excludes halogenated alkanes) is 5. The highest BCUT2D eigenvalue weighted by atomic mass is 16.4. The summed E-state index contributed by atoms with van der Waals surface area (Å²) in [4.78, 5) is 27.0. The fourth-order valence-electron chi connectivity index (χ4n) is 1.07. The Labute approximate surface area is 166 Å². The molecule has 0 saturated heterocycles. The van der Waals surface area contributed by atoms with Crippen molar-refractivity contribution >= 4 is 29.8 Å². The maximum Gasteiger partial charge on any atom is 0.300 e. The Bertz CT molecular complexity index is 360. The van der Waals surface area contributed by atoms with E-state index in [0.717, 1.165) is 27.3 Å². The van der Waals surface area contributed by atoms with Crippen molar-refractivity contribution in [3.63, 3.8) is 0 Å². The van der Waals surface area contributed by atoms with Gasteiger partial charge in [-0.25, -0.2) is 0 Å². The number of nitrogens with two attached hydrogens (primary N) is 3. The molecule has 0 spiro atoms. The van der Waals surface area contributed by atoms with E-state index in [2.05, 4.69) is 6.92 Å². The third-order valence-corrected chi connectivity index (χ3v) is 1.83. The number of hydrogen-bond acceptors (Lipinski definition) is 6. The summed E-state index contributed by atoms with van der Waals surface area (Å²) in [5.74, 6) is -3.12. The minimum absolute atomic E-state index is 0.312. The molecular weight excluding hydrogens is 372 g/mol. The SMILES string of the molecule is CC(=O)O.CC(=O)O.CC(=O)O.CCCCCCCCN.N=C(N)NC(=N)N. The summed E-state index contributed by atoms with van der Waals surface area (Å²) in [6.07, 6.45) is 8.05. The topological polar surface area (TPSA) is 250 Å². The first-order valence-electron chi connectivity index (χ1n) is 8.48. The van der Waals surface area contributed by atoms with Crippen LogP contribution in [0, 0.1) is 10.8 Å². The van der Waals surface area contributed by atoms with E-state index >= 15 is 0 Å². The molecule has 0 bridgehead atoms. The average molecular weight is 411 g/mol. The van der Waals surface area contributed by atoms with Crippen molar-refractivity contribution in [1.29, 1.82) is 10.8 Å². The Balaban J connectivity index is -0.0000000829. The van der Waals surface area contributed by atoms with Crippen LogP contribution in [0.15, 0.2) is 0 Å². The molecule has 0 aliphatic heterocycles. The Morgan fingerprint density at radius 2 is 1.00 bits per heavy atom. The maximum atomic E-state index is 9.00. The molecule has 0 aromatic heterocycles. The van der Waals surface area contributed by atoms with E-state index in [9.17, 15) is 0 Å². The molecule has 0 amide bonds. The van der Waals surface area contributed by atoms with Crippen LogP contribution in [0.4, 0.5) is 0 Å². The van der Waals surface area contributed by atoms with E-state index in [1.807, 2.05) is 5.32 Å². The van der Waals surface area contributed by atoms with Gasteiger partial charge in [0.25, 0.3) is 17.9 Å². The molecule has 12 heteroatoms. The number of nitrogens with one attached hydrogen (secondary N) is 3. The van der Waals surface area contributed by atoms with Gasteiger partial charge in [-0.05, 0) is 13.0 Å². The minimum atomic E-state index is -0.833. The lowest BCUT2D eigenvalue weighted by molar-refractivity contribution is -0.135. The first kappa shape index (κ1) is 36.1. The number of rotatable bonds is 6. The molecule has 0 rings (SSSR count). The van der Waals surface area contributed by atoms with E-state index < -0.39 is 17.9 Å². The summed E-state index contributed by atoms with van der Waals surface area (Å²) in [6, 6.07) is 0. The molecule has 0 aliphatic rings. The summed E-state index contributed by atoms with van der Waals surface area (Å²) in [7, 11) is 0. The Kier molecular flexibility index (Phi) is 41.0. The first-order chi connectivity index (χ1) is 12.7. The van der Waals surface area contributed by atoms with Gasteiger partial charge in [0, 0.05) is 20.8 Å². The van der Waals surface area contributed by atoms with Crippen LogP contribution in [-0.2, 0) is 14.4 Å². The molecule has 0 saturated carbocycles. The van der Waals surface area contributed by atoms with Gasteiger partial charge in [0.2, 0.25) is 0 Å². The highest BCUT2D eigenvalue weighted by Crippen LogP contribution is 2.03. The van der Waals surface area contributed by atoms with Crippen molar-refractivity contribution in [2.24, 2.45) is 17.2 Å². The molecule has 0 aliphatic carbocycles. The van der Waals surface area contributed by atoms with Crippen molar-refractivity contribution in [3.8, 4) is 0 Å². The highest BCUT2D eigenvalue weighted by Gasteiger charge is 1.86. The second-order valence-electron chi connectivity index (χ2n) is 5.07.